The zero-order chi connectivity index (χ0) is 9.97. The molecule has 4 nitrogen and oxygen atoms in total. The first-order chi connectivity index (χ1) is 6.77. The quantitative estimate of drug-likeness (QED) is 0.689. The molecule has 1 aromatic rings. The second-order valence-corrected chi connectivity index (χ2v) is 3.49. The van der Waals surface area contributed by atoms with E-state index in [0.29, 0.717) is 13.1 Å². The van der Waals surface area contributed by atoms with E-state index in [4.69, 9.17) is 0 Å². The molecule has 0 radical (unpaired) electrons. The van der Waals surface area contributed by atoms with Gasteiger partial charge in [-0.2, -0.15) is 0 Å². The Labute approximate surface area is 82.9 Å². The molecule has 4 heteroatoms. The topological polar surface area (TPSA) is 45.2 Å². The number of piperazine rings is 1. The monoisotopic (exact) mass is 191 g/mol. The zero-order valence-electron chi connectivity index (χ0n) is 8.10. The Kier molecular flexibility index (Phi) is 2.45. The minimum atomic E-state index is 0.144. The number of hydrogen-bond acceptors (Lipinski definition) is 3. The van der Waals surface area contributed by atoms with E-state index in [9.17, 15) is 4.79 Å². The van der Waals surface area contributed by atoms with Crippen LogP contribution in [0.25, 0.3) is 0 Å². The van der Waals surface area contributed by atoms with Crippen LogP contribution in [-0.4, -0.2) is 35.9 Å². The number of aromatic nitrogens is 1. The van der Waals surface area contributed by atoms with Gasteiger partial charge in [0.25, 0.3) is 0 Å². The summed E-state index contributed by atoms with van der Waals surface area (Å²) in [5, 5.41) is 3.18. The Morgan fingerprint density at radius 1 is 1.64 bits per heavy atom. The van der Waals surface area contributed by atoms with Crippen LogP contribution in [0.15, 0.2) is 24.5 Å². The average Bonchev–Trinajstić information content (AvgIpc) is 2.23. The first-order valence-electron chi connectivity index (χ1n) is 4.64. The van der Waals surface area contributed by atoms with Crippen molar-refractivity contribution in [3.63, 3.8) is 0 Å². The van der Waals surface area contributed by atoms with Crippen molar-refractivity contribution in [3.8, 4) is 0 Å². The number of likely N-dealkylation sites (N-methyl/N-ethyl adjacent to an activating group) is 1. The van der Waals surface area contributed by atoms with Crippen molar-refractivity contribution in [1.29, 1.82) is 0 Å². The van der Waals surface area contributed by atoms with E-state index in [0.717, 1.165) is 5.56 Å². The van der Waals surface area contributed by atoms with Crippen molar-refractivity contribution in [2.45, 2.75) is 6.04 Å². The number of nitrogens with one attached hydrogen (secondary N) is 1. The van der Waals surface area contributed by atoms with Gasteiger partial charge in [0.15, 0.2) is 0 Å². The van der Waals surface area contributed by atoms with Gasteiger partial charge in [-0.05, 0) is 11.6 Å². The Morgan fingerprint density at radius 2 is 2.50 bits per heavy atom. The summed E-state index contributed by atoms with van der Waals surface area (Å²) in [6, 6.07) is 4.15. The molecule has 0 bridgehead atoms. The van der Waals surface area contributed by atoms with Gasteiger partial charge in [-0.25, -0.2) is 0 Å². The number of carbonyl (C=O) groups is 1. The molecular formula is C10H13N3O. The SMILES string of the molecule is CN1CC(c2cccnc2)NCC1=O. The van der Waals surface area contributed by atoms with E-state index >= 15 is 0 Å². The van der Waals surface area contributed by atoms with Crippen LogP contribution in [0, 0.1) is 0 Å². The molecule has 0 aliphatic carbocycles. The standard InChI is InChI=1S/C10H13N3O/c1-13-7-9(12-6-10(13)14)8-3-2-4-11-5-8/h2-5,9,12H,6-7H2,1H3. The second-order valence-electron chi connectivity index (χ2n) is 3.49. The van der Waals surface area contributed by atoms with Gasteiger partial charge < -0.3 is 4.90 Å². The molecule has 1 aliphatic rings. The highest BCUT2D eigenvalue weighted by Gasteiger charge is 2.22. The van der Waals surface area contributed by atoms with E-state index in [1.54, 1.807) is 11.1 Å². The molecule has 1 aromatic heterocycles. The minimum Gasteiger partial charge on any atom is -0.343 e. The van der Waals surface area contributed by atoms with Crippen LogP contribution < -0.4 is 5.32 Å². The van der Waals surface area contributed by atoms with Gasteiger partial charge in [-0.1, -0.05) is 6.07 Å². The highest BCUT2D eigenvalue weighted by Crippen LogP contribution is 2.15. The summed E-state index contributed by atoms with van der Waals surface area (Å²) in [5.74, 6) is 0.144. The maximum atomic E-state index is 11.2. The Hall–Kier alpha value is -1.42. The van der Waals surface area contributed by atoms with Crippen LogP contribution in [0.1, 0.15) is 11.6 Å². The third-order valence-electron chi connectivity index (χ3n) is 2.47. The van der Waals surface area contributed by atoms with Gasteiger partial charge in [0.1, 0.15) is 0 Å². The van der Waals surface area contributed by atoms with Crippen molar-refractivity contribution in [2.24, 2.45) is 0 Å². The fraction of sp³-hybridized carbons (Fsp3) is 0.400. The molecule has 0 spiro atoms. The van der Waals surface area contributed by atoms with Gasteiger partial charge in [0.2, 0.25) is 5.91 Å². The number of pyridine rings is 1. The highest BCUT2D eigenvalue weighted by atomic mass is 16.2. The summed E-state index contributed by atoms with van der Waals surface area (Å²) in [6.07, 6.45) is 3.59. The van der Waals surface area contributed by atoms with Crippen LogP contribution >= 0.6 is 0 Å². The minimum absolute atomic E-state index is 0.144. The molecule has 1 atom stereocenters. The fourth-order valence-electron chi connectivity index (χ4n) is 1.59. The number of nitrogens with zero attached hydrogens (tertiary/aromatic N) is 2. The first kappa shape index (κ1) is 9.15. The third-order valence-corrected chi connectivity index (χ3v) is 2.47. The number of amides is 1. The first-order valence-corrected chi connectivity index (χ1v) is 4.64. The van der Waals surface area contributed by atoms with Crippen LogP contribution in [0.4, 0.5) is 0 Å². The molecule has 1 amide bonds. The van der Waals surface area contributed by atoms with Crippen LogP contribution in [0.3, 0.4) is 0 Å². The highest BCUT2D eigenvalue weighted by molar-refractivity contribution is 5.78. The van der Waals surface area contributed by atoms with E-state index in [-0.39, 0.29) is 11.9 Å². The number of hydrogen-bond donors (Lipinski definition) is 1. The Bertz CT molecular complexity index is 325. The van der Waals surface area contributed by atoms with Crippen molar-refractivity contribution in [3.05, 3.63) is 30.1 Å². The van der Waals surface area contributed by atoms with E-state index in [2.05, 4.69) is 10.3 Å². The largest absolute Gasteiger partial charge is 0.343 e. The lowest BCUT2D eigenvalue weighted by Crippen LogP contribution is -2.47. The molecule has 2 heterocycles. The summed E-state index contributed by atoms with van der Waals surface area (Å²) < 4.78 is 0. The van der Waals surface area contributed by atoms with Crippen molar-refractivity contribution in [2.75, 3.05) is 20.1 Å². The van der Waals surface area contributed by atoms with Gasteiger partial charge in [0, 0.05) is 26.0 Å². The number of rotatable bonds is 1. The molecule has 1 saturated heterocycles. The fourth-order valence-corrected chi connectivity index (χ4v) is 1.59. The van der Waals surface area contributed by atoms with Crippen LogP contribution in [0.2, 0.25) is 0 Å². The molecule has 1 fully saturated rings. The third kappa shape index (κ3) is 1.75. The maximum Gasteiger partial charge on any atom is 0.236 e. The second kappa shape index (κ2) is 3.75. The van der Waals surface area contributed by atoms with Crippen LogP contribution in [0.5, 0.6) is 0 Å². The lowest BCUT2D eigenvalue weighted by molar-refractivity contribution is -0.131. The molecule has 1 aliphatic heterocycles. The van der Waals surface area contributed by atoms with Gasteiger partial charge >= 0.3 is 0 Å². The average molecular weight is 191 g/mol. The van der Waals surface area contributed by atoms with Gasteiger partial charge in [0.05, 0.1) is 12.6 Å². The van der Waals surface area contributed by atoms with Crippen molar-refractivity contribution >= 4 is 5.91 Å². The maximum absolute atomic E-state index is 11.2. The van der Waals surface area contributed by atoms with E-state index in [1.165, 1.54) is 0 Å². The number of carbonyl (C=O) groups excluding carboxylic acids is 1. The molecule has 0 saturated carbocycles. The van der Waals surface area contributed by atoms with Gasteiger partial charge in [-0.15, -0.1) is 0 Å². The summed E-state index contributed by atoms with van der Waals surface area (Å²) in [4.78, 5) is 17.0. The molecule has 2 rings (SSSR count). The summed E-state index contributed by atoms with van der Waals surface area (Å²) in [6.45, 7) is 1.13. The predicted molar refractivity (Wildman–Crippen MR) is 52.6 cm³/mol. The smallest absolute Gasteiger partial charge is 0.236 e. The molecule has 0 aromatic carbocycles. The van der Waals surface area contributed by atoms with Crippen molar-refractivity contribution in [1.82, 2.24) is 15.2 Å². The van der Waals surface area contributed by atoms with Crippen LogP contribution in [-0.2, 0) is 4.79 Å². The predicted octanol–water partition coefficient (Wildman–Crippen LogP) is 0.184. The molecule has 14 heavy (non-hydrogen) atoms. The van der Waals surface area contributed by atoms with E-state index in [1.807, 2.05) is 25.4 Å². The lowest BCUT2D eigenvalue weighted by atomic mass is 10.1. The van der Waals surface area contributed by atoms with Gasteiger partial charge in [-0.3, -0.25) is 15.1 Å². The molecule has 1 unspecified atom stereocenters. The molecule has 74 valence electrons. The Morgan fingerprint density at radius 3 is 3.14 bits per heavy atom. The Balaban J connectivity index is 2.11. The summed E-state index contributed by atoms with van der Waals surface area (Å²) >= 11 is 0. The van der Waals surface area contributed by atoms with Crippen molar-refractivity contribution < 1.29 is 4.79 Å². The molecular weight excluding hydrogens is 178 g/mol. The summed E-state index contributed by atoms with van der Waals surface area (Å²) in [5.41, 5.74) is 1.13. The normalized spacial score (nSPS) is 22.5. The summed E-state index contributed by atoms with van der Waals surface area (Å²) in [7, 11) is 1.83. The van der Waals surface area contributed by atoms with E-state index < -0.39 is 0 Å². The molecule has 1 N–H and O–H groups in total. The lowest BCUT2D eigenvalue weighted by Gasteiger charge is -2.30. The zero-order valence-corrected chi connectivity index (χ0v) is 8.10.